The highest BCUT2D eigenvalue weighted by atomic mass is 16.5. The van der Waals surface area contributed by atoms with E-state index in [9.17, 15) is 4.79 Å². The molecule has 98 valence electrons. The first-order valence-electron chi connectivity index (χ1n) is 5.55. The molecule has 0 bridgehead atoms. The SMILES string of the molecule is COc1ccc(NC(=O)c2cccnn2)cc1OC. The van der Waals surface area contributed by atoms with Crippen LogP contribution in [0.4, 0.5) is 5.69 Å². The molecule has 0 atom stereocenters. The molecular weight excluding hydrogens is 246 g/mol. The topological polar surface area (TPSA) is 73.3 Å². The van der Waals surface area contributed by atoms with E-state index in [1.807, 2.05) is 0 Å². The fraction of sp³-hybridized carbons (Fsp3) is 0.154. The minimum atomic E-state index is -0.333. The molecule has 1 aromatic carbocycles. The number of rotatable bonds is 4. The average molecular weight is 259 g/mol. The van der Waals surface area contributed by atoms with E-state index < -0.39 is 0 Å². The van der Waals surface area contributed by atoms with Gasteiger partial charge >= 0.3 is 0 Å². The molecule has 6 heteroatoms. The molecule has 0 unspecified atom stereocenters. The maximum Gasteiger partial charge on any atom is 0.276 e. The van der Waals surface area contributed by atoms with Gasteiger partial charge in [-0.25, -0.2) is 0 Å². The Morgan fingerprint density at radius 3 is 2.58 bits per heavy atom. The van der Waals surface area contributed by atoms with Crippen molar-refractivity contribution in [1.82, 2.24) is 10.2 Å². The van der Waals surface area contributed by atoms with Crippen molar-refractivity contribution >= 4 is 11.6 Å². The molecule has 1 heterocycles. The predicted molar refractivity (Wildman–Crippen MR) is 69.5 cm³/mol. The number of anilines is 1. The van der Waals surface area contributed by atoms with Crippen LogP contribution in [0.15, 0.2) is 36.5 Å². The Kier molecular flexibility index (Phi) is 3.92. The normalized spacial score (nSPS) is 9.79. The predicted octanol–water partition coefficient (Wildman–Crippen LogP) is 1.75. The summed E-state index contributed by atoms with van der Waals surface area (Å²) < 4.78 is 10.3. The molecule has 0 aliphatic carbocycles. The molecule has 0 aliphatic heterocycles. The van der Waals surface area contributed by atoms with Crippen LogP contribution in [0.3, 0.4) is 0 Å². The third-order valence-electron chi connectivity index (χ3n) is 2.45. The zero-order valence-electron chi connectivity index (χ0n) is 10.6. The molecule has 0 aliphatic rings. The van der Waals surface area contributed by atoms with Crippen molar-refractivity contribution in [2.75, 3.05) is 19.5 Å². The summed E-state index contributed by atoms with van der Waals surface area (Å²) in [5.74, 6) is 0.805. The Bertz CT molecular complexity index is 573. The van der Waals surface area contributed by atoms with Gasteiger partial charge in [-0.05, 0) is 24.3 Å². The van der Waals surface area contributed by atoms with Crippen molar-refractivity contribution in [3.8, 4) is 11.5 Å². The van der Waals surface area contributed by atoms with Crippen LogP contribution >= 0.6 is 0 Å². The molecule has 0 fully saturated rings. The zero-order valence-corrected chi connectivity index (χ0v) is 10.6. The monoisotopic (exact) mass is 259 g/mol. The van der Waals surface area contributed by atoms with E-state index >= 15 is 0 Å². The minimum Gasteiger partial charge on any atom is -0.493 e. The van der Waals surface area contributed by atoms with E-state index in [2.05, 4.69) is 15.5 Å². The first-order chi connectivity index (χ1) is 9.24. The van der Waals surface area contributed by atoms with Crippen LogP contribution in [0.25, 0.3) is 0 Å². The summed E-state index contributed by atoms with van der Waals surface area (Å²) in [4.78, 5) is 11.9. The van der Waals surface area contributed by atoms with Crippen LogP contribution < -0.4 is 14.8 Å². The maximum atomic E-state index is 11.9. The average Bonchev–Trinajstić information content (AvgIpc) is 2.48. The molecule has 0 saturated heterocycles. The van der Waals surface area contributed by atoms with Gasteiger partial charge in [0.05, 0.1) is 14.2 Å². The van der Waals surface area contributed by atoms with Crippen molar-refractivity contribution in [3.05, 3.63) is 42.2 Å². The Hall–Kier alpha value is -2.63. The lowest BCUT2D eigenvalue weighted by atomic mass is 10.2. The lowest BCUT2D eigenvalue weighted by Gasteiger charge is -2.10. The summed E-state index contributed by atoms with van der Waals surface area (Å²) in [6.45, 7) is 0. The first-order valence-corrected chi connectivity index (χ1v) is 5.55. The number of carbonyl (C=O) groups excluding carboxylic acids is 1. The highest BCUT2D eigenvalue weighted by Gasteiger charge is 2.10. The Morgan fingerprint density at radius 2 is 1.95 bits per heavy atom. The molecule has 1 aromatic heterocycles. The van der Waals surface area contributed by atoms with Crippen molar-refractivity contribution in [2.45, 2.75) is 0 Å². The summed E-state index contributed by atoms with van der Waals surface area (Å²) in [5.41, 5.74) is 0.839. The highest BCUT2D eigenvalue weighted by molar-refractivity contribution is 6.02. The number of methoxy groups -OCH3 is 2. The number of hydrogen-bond donors (Lipinski definition) is 1. The van der Waals surface area contributed by atoms with E-state index in [0.29, 0.717) is 17.2 Å². The number of carbonyl (C=O) groups is 1. The van der Waals surface area contributed by atoms with Gasteiger partial charge in [0.2, 0.25) is 0 Å². The quantitative estimate of drug-likeness (QED) is 0.905. The maximum absolute atomic E-state index is 11.9. The van der Waals surface area contributed by atoms with E-state index in [1.54, 1.807) is 37.4 Å². The number of nitrogens with one attached hydrogen (secondary N) is 1. The standard InChI is InChI=1S/C13H13N3O3/c1-18-11-6-5-9(8-12(11)19-2)15-13(17)10-4-3-7-14-16-10/h3-8H,1-2H3,(H,15,17). The van der Waals surface area contributed by atoms with E-state index in [-0.39, 0.29) is 11.6 Å². The highest BCUT2D eigenvalue weighted by Crippen LogP contribution is 2.29. The Balaban J connectivity index is 2.18. The van der Waals surface area contributed by atoms with Gasteiger partial charge in [-0.1, -0.05) is 0 Å². The number of aromatic nitrogens is 2. The van der Waals surface area contributed by atoms with E-state index in [1.165, 1.54) is 13.3 Å². The summed E-state index contributed by atoms with van der Waals surface area (Å²) in [6, 6.07) is 8.34. The summed E-state index contributed by atoms with van der Waals surface area (Å²) >= 11 is 0. The van der Waals surface area contributed by atoms with Crippen molar-refractivity contribution in [2.24, 2.45) is 0 Å². The van der Waals surface area contributed by atoms with E-state index in [0.717, 1.165) is 0 Å². The van der Waals surface area contributed by atoms with Gasteiger partial charge in [-0.3, -0.25) is 4.79 Å². The number of ether oxygens (including phenoxy) is 2. The second-order valence-electron chi connectivity index (χ2n) is 3.63. The molecular formula is C13H13N3O3. The minimum absolute atomic E-state index is 0.247. The van der Waals surface area contributed by atoms with Crippen LogP contribution in [0, 0.1) is 0 Å². The molecule has 0 radical (unpaired) electrons. The van der Waals surface area contributed by atoms with Crippen molar-refractivity contribution in [3.63, 3.8) is 0 Å². The molecule has 19 heavy (non-hydrogen) atoms. The largest absolute Gasteiger partial charge is 0.493 e. The van der Waals surface area contributed by atoms with Gasteiger partial charge in [-0.2, -0.15) is 5.10 Å². The fourth-order valence-electron chi connectivity index (χ4n) is 1.53. The van der Waals surface area contributed by atoms with Crippen LogP contribution in [0.5, 0.6) is 11.5 Å². The van der Waals surface area contributed by atoms with Crippen LogP contribution in [0.1, 0.15) is 10.5 Å². The Labute approximate surface area is 110 Å². The first kappa shape index (κ1) is 12.8. The second kappa shape index (κ2) is 5.81. The lowest BCUT2D eigenvalue weighted by molar-refractivity contribution is 0.102. The van der Waals surface area contributed by atoms with Crippen molar-refractivity contribution < 1.29 is 14.3 Å². The third-order valence-corrected chi connectivity index (χ3v) is 2.45. The van der Waals surface area contributed by atoms with E-state index in [4.69, 9.17) is 9.47 Å². The van der Waals surface area contributed by atoms with Gasteiger partial charge in [0.25, 0.3) is 5.91 Å². The van der Waals surface area contributed by atoms with Crippen LogP contribution in [-0.2, 0) is 0 Å². The van der Waals surface area contributed by atoms with Crippen LogP contribution in [-0.4, -0.2) is 30.3 Å². The van der Waals surface area contributed by atoms with Gasteiger partial charge in [0.15, 0.2) is 17.2 Å². The smallest absolute Gasteiger partial charge is 0.276 e. The lowest BCUT2D eigenvalue weighted by Crippen LogP contribution is -2.14. The molecule has 6 nitrogen and oxygen atoms in total. The summed E-state index contributed by atoms with van der Waals surface area (Å²) in [7, 11) is 3.09. The fourth-order valence-corrected chi connectivity index (χ4v) is 1.53. The number of benzene rings is 1. The molecule has 2 rings (SSSR count). The molecule has 1 N–H and O–H groups in total. The zero-order chi connectivity index (χ0) is 13.7. The van der Waals surface area contributed by atoms with Crippen LogP contribution in [0.2, 0.25) is 0 Å². The number of hydrogen-bond acceptors (Lipinski definition) is 5. The van der Waals surface area contributed by atoms with Gasteiger partial charge < -0.3 is 14.8 Å². The molecule has 0 saturated carbocycles. The molecule has 1 amide bonds. The van der Waals surface area contributed by atoms with Crippen molar-refractivity contribution in [1.29, 1.82) is 0 Å². The molecule has 2 aromatic rings. The summed E-state index contributed by atoms with van der Waals surface area (Å²) in [5, 5.41) is 10.1. The van der Waals surface area contributed by atoms with Gasteiger partial charge in [0, 0.05) is 18.0 Å². The second-order valence-corrected chi connectivity index (χ2v) is 3.63. The molecule has 0 spiro atoms. The Morgan fingerprint density at radius 1 is 1.16 bits per heavy atom. The third kappa shape index (κ3) is 2.98. The van der Waals surface area contributed by atoms with Gasteiger partial charge in [-0.15, -0.1) is 5.10 Å². The van der Waals surface area contributed by atoms with Gasteiger partial charge in [0.1, 0.15) is 0 Å². The number of amides is 1. The number of nitrogens with zero attached hydrogens (tertiary/aromatic N) is 2. The summed E-state index contributed by atoms with van der Waals surface area (Å²) in [6.07, 6.45) is 1.51.